The first-order valence-electron chi connectivity index (χ1n) is 9.57. The van der Waals surface area contributed by atoms with E-state index in [-0.39, 0.29) is 18.3 Å². The van der Waals surface area contributed by atoms with Crippen molar-refractivity contribution in [3.05, 3.63) is 69.7 Å². The molecule has 1 heterocycles. The van der Waals surface area contributed by atoms with Crippen LogP contribution in [0, 0.1) is 0 Å². The van der Waals surface area contributed by atoms with Crippen LogP contribution in [0.2, 0.25) is 10.0 Å². The fraction of sp³-hybridized carbons (Fsp3) is 0.455. The Bertz CT molecular complexity index is 718. The lowest BCUT2D eigenvalue weighted by molar-refractivity contribution is -0.0285. The standard InChI is InChI=1S/C22H27Cl2NO2.ClH/c1-2-11-22(26,18-5-9-20(24)10-6-18)21(16-25-12-14-27-15-13-25)17-3-7-19(23)8-4-17;/h3-10,21,26H,2,11-16H2,1H3;1H. The van der Waals surface area contributed by atoms with Crippen LogP contribution in [0.1, 0.15) is 36.8 Å². The molecule has 3 nitrogen and oxygen atoms in total. The molecule has 0 aliphatic carbocycles. The van der Waals surface area contributed by atoms with Crippen molar-refractivity contribution < 1.29 is 9.84 Å². The predicted octanol–water partition coefficient (Wildman–Crippen LogP) is 5.52. The SMILES string of the molecule is CCCC(O)(c1ccc(Cl)cc1)C(CN1CCOCC1)c1ccc(Cl)cc1.Cl. The summed E-state index contributed by atoms with van der Waals surface area (Å²) in [5, 5.41) is 13.3. The van der Waals surface area contributed by atoms with Gasteiger partial charge in [0.25, 0.3) is 0 Å². The number of rotatable bonds is 7. The van der Waals surface area contributed by atoms with Gasteiger partial charge in [-0.2, -0.15) is 0 Å². The van der Waals surface area contributed by atoms with E-state index in [1.54, 1.807) is 0 Å². The second-order valence-corrected chi connectivity index (χ2v) is 8.07. The molecule has 6 heteroatoms. The minimum Gasteiger partial charge on any atom is -0.384 e. The fourth-order valence-corrected chi connectivity index (χ4v) is 4.16. The smallest absolute Gasteiger partial charge is 0.0976 e. The van der Waals surface area contributed by atoms with Gasteiger partial charge in [-0.05, 0) is 41.8 Å². The van der Waals surface area contributed by atoms with E-state index in [2.05, 4.69) is 11.8 Å². The van der Waals surface area contributed by atoms with Gasteiger partial charge in [0.15, 0.2) is 0 Å². The maximum Gasteiger partial charge on any atom is 0.0976 e. The number of nitrogens with zero attached hydrogens (tertiary/aromatic N) is 1. The van der Waals surface area contributed by atoms with Crippen molar-refractivity contribution in [2.45, 2.75) is 31.3 Å². The Balaban J connectivity index is 0.00000280. The van der Waals surface area contributed by atoms with E-state index in [9.17, 15) is 5.11 Å². The molecular formula is C22H28Cl3NO2. The molecule has 1 aliphatic rings. The topological polar surface area (TPSA) is 32.7 Å². The molecule has 1 saturated heterocycles. The second kappa shape index (κ2) is 10.8. The first-order valence-corrected chi connectivity index (χ1v) is 10.3. The molecule has 28 heavy (non-hydrogen) atoms. The third-order valence-electron chi connectivity index (χ3n) is 5.37. The number of halogens is 3. The molecular weight excluding hydrogens is 417 g/mol. The zero-order valence-corrected chi connectivity index (χ0v) is 18.4. The molecule has 0 saturated carbocycles. The highest BCUT2D eigenvalue weighted by Gasteiger charge is 2.39. The average Bonchev–Trinajstić information content (AvgIpc) is 2.68. The third-order valence-corrected chi connectivity index (χ3v) is 5.87. The number of ether oxygens (including phenoxy) is 1. The summed E-state index contributed by atoms with van der Waals surface area (Å²) in [7, 11) is 0. The van der Waals surface area contributed by atoms with Gasteiger partial charge < -0.3 is 9.84 Å². The number of hydrogen-bond donors (Lipinski definition) is 1. The molecule has 1 fully saturated rings. The van der Waals surface area contributed by atoms with Gasteiger partial charge in [0.05, 0.1) is 18.8 Å². The van der Waals surface area contributed by atoms with E-state index in [1.807, 2.05) is 48.5 Å². The van der Waals surface area contributed by atoms with E-state index < -0.39 is 5.60 Å². The molecule has 0 spiro atoms. The van der Waals surface area contributed by atoms with Crippen molar-refractivity contribution in [1.29, 1.82) is 0 Å². The van der Waals surface area contributed by atoms with Gasteiger partial charge in [-0.1, -0.05) is 60.8 Å². The maximum atomic E-state index is 12.0. The second-order valence-electron chi connectivity index (χ2n) is 7.20. The maximum absolute atomic E-state index is 12.0. The molecule has 154 valence electrons. The Morgan fingerprint density at radius 2 is 1.54 bits per heavy atom. The summed E-state index contributed by atoms with van der Waals surface area (Å²) in [6.45, 7) is 6.11. The van der Waals surface area contributed by atoms with Gasteiger partial charge >= 0.3 is 0 Å². The monoisotopic (exact) mass is 443 g/mol. The van der Waals surface area contributed by atoms with Gasteiger partial charge in [0.2, 0.25) is 0 Å². The van der Waals surface area contributed by atoms with Crippen molar-refractivity contribution in [3.8, 4) is 0 Å². The number of benzene rings is 2. The summed E-state index contributed by atoms with van der Waals surface area (Å²) in [6.07, 6.45) is 1.55. The first-order chi connectivity index (χ1) is 13.0. The largest absolute Gasteiger partial charge is 0.384 e. The Hall–Kier alpha value is -0.810. The fourth-order valence-electron chi connectivity index (χ4n) is 3.91. The predicted molar refractivity (Wildman–Crippen MR) is 119 cm³/mol. The van der Waals surface area contributed by atoms with Crippen molar-refractivity contribution in [3.63, 3.8) is 0 Å². The number of hydrogen-bond acceptors (Lipinski definition) is 3. The van der Waals surface area contributed by atoms with E-state index in [4.69, 9.17) is 27.9 Å². The van der Waals surface area contributed by atoms with Gasteiger partial charge in [0, 0.05) is 35.6 Å². The molecule has 1 aliphatic heterocycles. The van der Waals surface area contributed by atoms with Crippen LogP contribution in [0.25, 0.3) is 0 Å². The highest BCUT2D eigenvalue weighted by atomic mass is 35.5. The molecule has 2 unspecified atom stereocenters. The molecule has 3 rings (SSSR count). The zero-order valence-electron chi connectivity index (χ0n) is 16.1. The zero-order chi connectivity index (χ0) is 19.3. The van der Waals surface area contributed by atoms with Gasteiger partial charge in [-0.3, -0.25) is 4.90 Å². The summed E-state index contributed by atoms with van der Waals surface area (Å²) in [4.78, 5) is 2.37. The van der Waals surface area contributed by atoms with Crippen molar-refractivity contribution in [1.82, 2.24) is 4.90 Å². The van der Waals surface area contributed by atoms with Crippen molar-refractivity contribution in [2.75, 3.05) is 32.8 Å². The minimum atomic E-state index is -0.981. The lowest BCUT2D eigenvalue weighted by atomic mass is 9.74. The van der Waals surface area contributed by atoms with Crippen molar-refractivity contribution >= 4 is 35.6 Å². The number of morpholine rings is 1. The molecule has 2 atom stereocenters. The molecule has 2 aromatic rings. The Morgan fingerprint density at radius 1 is 1.00 bits per heavy atom. The van der Waals surface area contributed by atoms with E-state index in [1.165, 1.54) is 0 Å². The van der Waals surface area contributed by atoms with E-state index >= 15 is 0 Å². The van der Waals surface area contributed by atoms with Crippen LogP contribution >= 0.6 is 35.6 Å². The molecule has 0 bridgehead atoms. The number of aliphatic hydroxyl groups is 1. The Labute approximate surface area is 184 Å². The van der Waals surface area contributed by atoms with Crippen molar-refractivity contribution in [2.24, 2.45) is 0 Å². The average molecular weight is 445 g/mol. The van der Waals surface area contributed by atoms with Crippen LogP contribution in [0.3, 0.4) is 0 Å². The third kappa shape index (κ3) is 5.63. The van der Waals surface area contributed by atoms with Gasteiger partial charge in [-0.15, -0.1) is 12.4 Å². The summed E-state index contributed by atoms with van der Waals surface area (Å²) < 4.78 is 5.50. The molecule has 0 radical (unpaired) electrons. The van der Waals surface area contributed by atoms with E-state index in [0.29, 0.717) is 16.5 Å². The van der Waals surface area contributed by atoms with Gasteiger partial charge in [0.1, 0.15) is 0 Å². The highest BCUT2D eigenvalue weighted by Crippen LogP contribution is 2.42. The van der Waals surface area contributed by atoms with Crippen LogP contribution in [0.4, 0.5) is 0 Å². The van der Waals surface area contributed by atoms with Gasteiger partial charge in [-0.25, -0.2) is 0 Å². The quantitative estimate of drug-likeness (QED) is 0.610. The van der Waals surface area contributed by atoms with Crippen LogP contribution in [-0.2, 0) is 10.3 Å². The summed E-state index contributed by atoms with van der Waals surface area (Å²) >= 11 is 12.2. The van der Waals surface area contributed by atoms with Crippen LogP contribution in [-0.4, -0.2) is 42.9 Å². The van der Waals surface area contributed by atoms with Crippen LogP contribution < -0.4 is 0 Å². The Kier molecular flexibility index (Phi) is 9.07. The van der Waals surface area contributed by atoms with Crippen LogP contribution in [0.5, 0.6) is 0 Å². The molecule has 1 N–H and O–H groups in total. The van der Waals surface area contributed by atoms with E-state index in [0.717, 1.165) is 50.4 Å². The summed E-state index contributed by atoms with van der Waals surface area (Å²) in [5.74, 6) is -0.0750. The Morgan fingerprint density at radius 3 is 2.07 bits per heavy atom. The highest BCUT2D eigenvalue weighted by molar-refractivity contribution is 6.30. The normalized spacial score (nSPS) is 18.1. The molecule has 2 aromatic carbocycles. The minimum absolute atomic E-state index is 0. The first kappa shape index (κ1) is 23.5. The molecule has 0 aromatic heterocycles. The lowest BCUT2D eigenvalue weighted by Crippen LogP contribution is -2.45. The summed E-state index contributed by atoms with van der Waals surface area (Å²) in [5.41, 5.74) is 1.02. The lowest BCUT2D eigenvalue weighted by Gasteiger charge is -2.41. The molecule has 0 amide bonds. The summed E-state index contributed by atoms with van der Waals surface area (Å²) in [6, 6.07) is 15.5. The van der Waals surface area contributed by atoms with Crippen LogP contribution in [0.15, 0.2) is 48.5 Å².